The zero-order chi connectivity index (χ0) is 15.4. The molecular formula is C17H22N2OS. The van der Waals surface area contributed by atoms with E-state index in [0.29, 0.717) is 6.04 Å². The number of nitrogens with zero attached hydrogens (tertiary/aromatic N) is 1. The molecule has 1 aromatic heterocycles. The highest BCUT2D eigenvalue weighted by Crippen LogP contribution is 2.21. The smallest absolute Gasteiger partial charge is 0.265 e. The van der Waals surface area contributed by atoms with Crippen LogP contribution < -0.4 is 10.2 Å². The SMILES string of the molecule is CCN(c1ccc(NC(=O)c2ccc(C)s2)cc1)C(C)C. The van der Waals surface area contributed by atoms with Crippen LogP contribution in [0.4, 0.5) is 11.4 Å². The van der Waals surface area contributed by atoms with Crippen molar-refractivity contribution in [1.29, 1.82) is 0 Å². The number of nitrogens with one attached hydrogen (secondary N) is 1. The first-order valence-corrected chi connectivity index (χ1v) is 8.07. The lowest BCUT2D eigenvalue weighted by molar-refractivity contribution is 0.103. The highest BCUT2D eigenvalue weighted by molar-refractivity contribution is 7.14. The lowest BCUT2D eigenvalue weighted by Gasteiger charge is -2.27. The fraction of sp³-hybridized carbons (Fsp3) is 0.353. The lowest BCUT2D eigenvalue weighted by Crippen LogP contribution is -2.30. The van der Waals surface area contributed by atoms with Gasteiger partial charge in [-0.1, -0.05) is 0 Å². The maximum absolute atomic E-state index is 12.1. The number of hydrogen-bond acceptors (Lipinski definition) is 3. The summed E-state index contributed by atoms with van der Waals surface area (Å²) in [7, 11) is 0. The first-order chi connectivity index (χ1) is 10.0. The first-order valence-electron chi connectivity index (χ1n) is 7.25. The van der Waals surface area contributed by atoms with Gasteiger partial charge in [-0.2, -0.15) is 0 Å². The van der Waals surface area contributed by atoms with Gasteiger partial charge < -0.3 is 10.2 Å². The second-order valence-electron chi connectivity index (χ2n) is 5.29. The van der Waals surface area contributed by atoms with Gasteiger partial charge in [0.2, 0.25) is 0 Å². The largest absolute Gasteiger partial charge is 0.369 e. The van der Waals surface area contributed by atoms with Gasteiger partial charge >= 0.3 is 0 Å². The van der Waals surface area contributed by atoms with Crippen molar-refractivity contribution in [2.75, 3.05) is 16.8 Å². The van der Waals surface area contributed by atoms with Crippen LogP contribution in [0.3, 0.4) is 0 Å². The number of amides is 1. The molecule has 112 valence electrons. The van der Waals surface area contributed by atoms with Gasteiger partial charge in [-0.15, -0.1) is 11.3 Å². The quantitative estimate of drug-likeness (QED) is 0.879. The van der Waals surface area contributed by atoms with Gasteiger partial charge in [0.05, 0.1) is 4.88 Å². The normalized spacial score (nSPS) is 10.7. The zero-order valence-electron chi connectivity index (χ0n) is 13.0. The van der Waals surface area contributed by atoms with Crippen molar-refractivity contribution in [3.05, 3.63) is 46.2 Å². The minimum absolute atomic E-state index is 0.0444. The number of hydrogen-bond donors (Lipinski definition) is 1. The summed E-state index contributed by atoms with van der Waals surface area (Å²) in [5, 5.41) is 2.94. The minimum Gasteiger partial charge on any atom is -0.369 e. The molecule has 1 aromatic carbocycles. The molecule has 0 radical (unpaired) electrons. The fourth-order valence-corrected chi connectivity index (χ4v) is 3.09. The molecule has 1 N–H and O–H groups in total. The second kappa shape index (κ2) is 6.76. The van der Waals surface area contributed by atoms with Crippen molar-refractivity contribution in [1.82, 2.24) is 0 Å². The van der Waals surface area contributed by atoms with Crippen LogP contribution in [0, 0.1) is 6.92 Å². The van der Waals surface area contributed by atoms with E-state index in [-0.39, 0.29) is 5.91 Å². The molecule has 0 bridgehead atoms. The summed E-state index contributed by atoms with van der Waals surface area (Å²) < 4.78 is 0. The predicted octanol–water partition coefficient (Wildman–Crippen LogP) is 4.54. The van der Waals surface area contributed by atoms with Crippen LogP contribution >= 0.6 is 11.3 Å². The molecule has 0 unspecified atom stereocenters. The van der Waals surface area contributed by atoms with Gasteiger partial charge in [0.25, 0.3) is 5.91 Å². The minimum atomic E-state index is -0.0444. The Labute approximate surface area is 130 Å². The highest BCUT2D eigenvalue weighted by atomic mass is 32.1. The summed E-state index contributed by atoms with van der Waals surface area (Å²) in [6.45, 7) is 9.48. The maximum atomic E-state index is 12.1. The van der Waals surface area contributed by atoms with Gasteiger partial charge in [0.1, 0.15) is 0 Å². The van der Waals surface area contributed by atoms with Crippen molar-refractivity contribution in [3.8, 4) is 0 Å². The molecule has 0 fully saturated rings. The number of anilines is 2. The molecule has 3 nitrogen and oxygen atoms in total. The van der Waals surface area contributed by atoms with E-state index in [0.717, 1.165) is 22.0 Å². The molecule has 1 heterocycles. The first kappa shape index (κ1) is 15.6. The molecule has 1 amide bonds. The molecular weight excluding hydrogens is 280 g/mol. The van der Waals surface area contributed by atoms with Crippen molar-refractivity contribution < 1.29 is 4.79 Å². The molecule has 0 aliphatic carbocycles. The third-order valence-corrected chi connectivity index (χ3v) is 4.38. The third kappa shape index (κ3) is 3.85. The zero-order valence-corrected chi connectivity index (χ0v) is 13.8. The van der Waals surface area contributed by atoms with Crippen LogP contribution in [0.25, 0.3) is 0 Å². The Bertz CT molecular complexity index is 602. The molecule has 0 spiro atoms. The van der Waals surface area contributed by atoms with Gasteiger partial charge in [-0.25, -0.2) is 0 Å². The Balaban J connectivity index is 2.07. The second-order valence-corrected chi connectivity index (χ2v) is 6.58. The number of aryl methyl sites for hydroxylation is 1. The van der Waals surface area contributed by atoms with E-state index in [4.69, 9.17) is 0 Å². The van der Waals surface area contributed by atoms with Crippen LogP contribution in [0.5, 0.6) is 0 Å². The van der Waals surface area contributed by atoms with Gasteiger partial charge in [-0.05, 0) is 64.1 Å². The highest BCUT2D eigenvalue weighted by Gasteiger charge is 2.10. The van der Waals surface area contributed by atoms with Crippen molar-refractivity contribution >= 4 is 28.6 Å². The molecule has 2 rings (SSSR count). The van der Waals surface area contributed by atoms with E-state index in [1.54, 1.807) is 0 Å². The predicted molar refractivity (Wildman–Crippen MR) is 91.6 cm³/mol. The topological polar surface area (TPSA) is 32.3 Å². The summed E-state index contributed by atoms with van der Waals surface area (Å²) >= 11 is 1.51. The third-order valence-electron chi connectivity index (χ3n) is 3.39. The Morgan fingerprint density at radius 1 is 1.19 bits per heavy atom. The Hall–Kier alpha value is -1.81. The number of thiophene rings is 1. The van der Waals surface area contributed by atoms with Crippen molar-refractivity contribution in [2.24, 2.45) is 0 Å². The summed E-state index contributed by atoms with van der Waals surface area (Å²) in [4.78, 5) is 16.3. The van der Waals surface area contributed by atoms with Crippen molar-refractivity contribution in [2.45, 2.75) is 33.7 Å². The van der Waals surface area contributed by atoms with Crippen LogP contribution in [0.1, 0.15) is 35.3 Å². The van der Waals surface area contributed by atoms with E-state index in [9.17, 15) is 4.79 Å². The molecule has 0 saturated carbocycles. The molecule has 0 aliphatic heterocycles. The van der Waals surface area contributed by atoms with Gasteiger partial charge in [-0.3, -0.25) is 4.79 Å². The molecule has 2 aromatic rings. The summed E-state index contributed by atoms with van der Waals surface area (Å²) in [6, 6.07) is 12.3. The Kier molecular flexibility index (Phi) is 5.02. The van der Waals surface area contributed by atoms with E-state index >= 15 is 0 Å². The Morgan fingerprint density at radius 2 is 1.86 bits per heavy atom. The summed E-state index contributed by atoms with van der Waals surface area (Å²) in [5.74, 6) is -0.0444. The maximum Gasteiger partial charge on any atom is 0.265 e. The molecule has 4 heteroatoms. The van der Waals surface area contributed by atoms with Crippen LogP contribution in [-0.2, 0) is 0 Å². The lowest BCUT2D eigenvalue weighted by atomic mass is 10.2. The molecule has 0 aliphatic rings. The average Bonchev–Trinajstić information content (AvgIpc) is 2.88. The van der Waals surface area contributed by atoms with Gasteiger partial charge in [0.15, 0.2) is 0 Å². The monoisotopic (exact) mass is 302 g/mol. The molecule has 0 saturated heterocycles. The van der Waals surface area contributed by atoms with Crippen molar-refractivity contribution in [3.63, 3.8) is 0 Å². The van der Waals surface area contributed by atoms with Crippen LogP contribution in [0.15, 0.2) is 36.4 Å². The Morgan fingerprint density at radius 3 is 2.33 bits per heavy atom. The van der Waals surface area contributed by atoms with E-state index < -0.39 is 0 Å². The van der Waals surface area contributed by atoms with Gasteiger partial charge in [0, 0.05) is 28.8 Å². The average molecular weight is 302 g/mol. The standard InChI is InChI=1S/C17H22N2OS/c1-5-19(12(2)3)15-9-7-14(8-10-15)18-17(20)16-11-6-13(4)21-16/h6-12H,5H2,1-4H3,(H,18,20). The van der Waals surface area contributed by atoms with E-state index in [1.165, 1.54) is 17.0 Å². The number of rotatable bonds is 5. The fourth-order valence-electron chi connectivity index (χ4n) is 2.33. The number of carbonyl (C=O) groups is 1. The van der Waals surface area contributed by atoms with E-state index in [1.807, 2.05) is 31.2 Å². The number of benzene rings is 1. The number of carbonyl (C=O) groups excluding carboxylic acids is 1. The summed E-state index contributed by atoms with van der Waals surface area (Å²) in [6.07, 6.45) is 0. The summed E-state index contributed by atoms with van der Waals surface area (Å²) in [5.41, 5.74) is 2.01. The van der Waals surface area contributed by atoms with Crippen LogP contribution in [0.2, 0.25) is 0 Å². The van der Waals surface area contributed by atoms with E-state index in [2.05, 4.69) is 43.1 Å². The van der Waals surface area contributed by atoms with Crippen LogP contribution in [-0.4, -0.2) is 18.5 Å². The molecule has 21 heavy (non-hydrogen) atoms. The molecule has 0 atom stereocenters.